The molecule has 0 radical (unpaired) electrons. The van der Waals surface area contributed by atoms with Crippen molar-refractivity contribution in [2.75, 3.05) is 26.7 Å². The van der Waals surface area contributed by atoms with Gasteiger partial charge in [0.2, 0.25) is 0 Å². The third-order valence-electron chi connectivity index (χ3n) is 2.19. The van der Waals surface area contributed by atoms with E-state index in [-0.39, 0.29) is 0 Å². The van der Waals surface area contributed by atoms with E-state index in [0.29, 0.717) is 12.5 Å². The van der Waals surface area contributed by atoms with Crippen molar-refractivity contribution in [3.8, 4) is 0 Å². The van der Waals surface area contributed by atoms with Crippen LogP contribution in [0.25, 0.3) is 0 Å². The molecule has 1 rings (SSSR count). The summed E-state index contributed by atoms with van der Waals surface area (Å²) in [7, 11) is 1.94. The van der Waals surface area contributed by atoms with Gasteiger partial charge in [0, 0.05) is 19.7 Å². The Morgan fingerprint density at radius 2 is 2.10 bits per heavy atom. The van der Waals surface area contributed by atoms with Crippen molar-refractivity contribution in [2.45, 2.75) is 12.8 Å². The summed E-state index contributed by atoms with van der Waals surface area (Å²) in [5.74, 6) is 0.546. The summed E-state index contributed by atoms with van der Waals surface area (Å²) in [6.45, 7) is 2.50. The number of nitrogens with one attached hydrogen (secondary N) is 1. The number of hydrogen-bond donors (Lipinski definition) is 2. The van der Waals surface area contributed by atoms with Crippen LogP contribution < -0.4 is 5.43 Å². The van der Waals surface area contributed by atoms with Crippen LogP contribution in [0.2, 0.25) is 0 Å². The molecule has 0 amide bonds. The van der Waals surface area contributed by atoms with Gasteiger partial charge in [0.25, 0.3) is 0 Å². The smallest absolute Gasteiger partial charge is 0.0460 e. The van der Waals surface area contributed by atoms with Gasteiger partial charge >= 0.3 is 0 Å². The largest absolute Gasteiger partial charge is 0.396 e. The molecule has 10 heavy (non-hydrogen) atoms. The van der Waals surface area contributed by atoms with E-state index >= 15 is 0 Å². The van der Waals surface area contributed by atoms with Gasteiger partial charge in [0.15, 0.2) is 0 Å². The van der Waals surface area contributed by atoms with Crippen LogP contribution in [-0.4, -0.2) is 36.9 Å². The molecule has 0 bridgehead atoms. The van der Waals surface area contributed by atoms with Crippen LogP contribution in [0.3, 0.4) is 0 Å². The summed E-state index contributed by atoms with van der Waals surface area (Å²) in [5.41, 5.74) is 3.10. The number of nitrogens with zero attached hydrogens (tertiary/aromatic N) is 1. The first-order valence-electron chi connectivity index (χ1n) is 3.90. The third kappa shape index (κ3) is 1.94. The zero-order chi connectivity index (χ0) is 7.40. The van der Waals surface area contributed by atoms with Crippen molar-refractivity contribution >= 4 is 0 Å². The predicted molar refractivity (Wildman–Crippen MR) is 40.4 cm³/mol. The molecule has 0 aliphatic carbocycles. The molecule has 1 aliphatic heterocycles. The lowest BCUT2D eigenvalue weighted by Crippen LogP contribution is -2.42. The van der Waals surface area contributed by atoms with E-state index in [2.05, 4.69) is 10.4 Å². The minimum absolute atomic E-state index is 0.359. The Morgan fingerprint density at radius 1 is 1.50 bits per heavy atom. The second-order valence-electron chi connectivity index (χ2n) is 2.84. The van der Waals surface area contributed by atoms with Gasteiger partial charge < -0.3 is 5.11 Å². The van der Waals surface area contributed by atoms with Crippen LogP contribution in [-0.2, 0) is 0 Å². The standard InChI is InChI=1S/C7H16N2O/c1-8-9-4-2-7(6-10)3-5-9/h7-8,10H,2-6H2,1H3. The number of hydrazine groups is 1. The predicted octanol–water partition coefficient (Wildman–Crippen LogP) is -0.175. The van der Waals surface area contributed by atoms with E-state index in [9.17, 15) is 0 Å². The van der Waals surface area contributed by atoms with E-state index < -0.39 is 0 Å². The Hall–Kier alpha value is -0.120. The first-order valence-corrected chi connectivity index (χ1v) is 3.90. The fraction of sp³-hybridized carbons (Fsp3) is 1.00. The van der Waals surface area contributed by atoms with Gasteiger partial charge in [0.1, 0.15) is 0 Å². The second-order valence-corrected chi connectivity index (χ2v) is 2.84. The monoisotopic (exact) mass is 144 g/mol. The number of hydrogen-bond acceptors (Lipinski definition) is 3. The van der Waals surface area contributed by atoms with Crippen molar-refractivity contribution in [1.82, 2.24) is 10.4 Å². The summed E-state index contributed by atoms with van der Waals surface area (Å²) in [6, 6.07) is 0. The highest BCUT2D eigenvalue weighted by atomic mass is 16.3. The van der Waals surface area contributed by atoms with Gasteiger partial charge in [0.05, 0.1) is 0 Å². The summed E-state index contributed by atoms with van der Waals surface area (Å²) >= 11 is 0. The highest BCUT2D eigenvalue weighted by Crippen LogP contribution is 2.13. The maximum atomic E-state index is 8.81. The van der Waals surface area contributed by atoms with Crippen LogP contribution in [0, 0.1) is 5.92 Å². The molecule has 0 aromatic heterocycles. The van der Waals surface area contributed by atoms with E-state index in [0.717, 1.165) is 25.9 Å². The SMILES string of the molecule is CNN1CCC(CO)CC1. The molecule has 3 heteroatoms. The molecule has 3 nitrogen and oxygen atoms in total. The van der Waals surface area contributed by atoms with Crippen molar-refractivity contribution in [3.05, 3.63) is 0 Å². The van der Waals surface area contributed by atoms with Crippen molar-refractivity contribution < 1.29 is 5.11 Å². The van der Waals surface area contributed by atoms with Crippen LogP contribution in [0.1, 0.15) is 12.8 Å². The molecule has 0 aromatic carbocycles. The number of piperidine rings is 1. The maximum Gasteiger partial charge on any atom is 0.0460 e. The lowest BCUT2D eigenvalue weighted by Gasteiger charge is -2.29. The molecular weight excluding hydrogens is 128 g/mol. The van der Waals surface area contributed by atoms with Gasteiger partial charge in [-0.3, -0.25) is 5.43 Å². The average molecular weight is 144 g/mol. The minimum atomic E-state index is 0.359. The van der Waals surface area contributed by atoms with Gasteiger partial charge in [-0.05, 0) is 25.8 Å². The fourth-order valence-corrected chi connectivity index (χ4v) is 1.34. The van der Waals surface area contributed by atoms with E-state index in [4.69, 9.17) is 5.11 Å². The quantitative estimate of drug-likeness (QED) is 0.564. The lowest BCUT2D eigenvalue weighted by atomic mass is 9.99. The van der Waals surface area contributed by atoms with Crippen LogP contribution in [0.15, 0.2) is 0 Å². The average Bonchev–Trinajstić information content (AvgIpc) is 2.05. The fourth-order valence-electron chi connectivity index (χ4n) is 1.34. The molecule has 1 aliphatic rings. The topological polar surface area (TPSA) is 35.5 Å². The molecule has 0 saturated carbocycles. The zero-order valence-corrected chi connectivity index (χ0v) is 6.51. The Bertz CT molecular complexity index is 77.6. The third-order valence-corrected chi connectivity index (χ3v) is 2.19. The normalized spacial score (nSPS) is 23.4. The summed E-state index contributed by atoms with van der Waals surface area (Å²) in [4.78, 5) is 0. The minimum Gasteiger partial charge on any atom is -0.396 e. The van der Waals surface area contributed by atoms with Crippen LogP contribution in [0.5, 0.6) is 0 Å². The van der Waals surface area contributed by atoms with Gasteiger partial charge in [-0.15, -0.1) is 0 Å². The Balaban J connectivity index is 2.17. The van der Waals surface area contributed by atoms with Gasteiger partial charge in [-0.25, -0.2) is 5.01 Å². The number of aliphatic hydroxyl groups is 1. The van der Waals surface area contributed by atoms with E-state index in [1.54, 1.807) is 0 Å². The highest BCUT2D eigenvalue weighted by Gasteiger charge is 2.16. The van der Waals surface area contributed by atoms with Gasteiger partial charge in [-0.2, -0.15) is 0 Å². The molecule has 0 aromatic rings. The maximum absolute atomic E-state index is 8.81. The second kappa shape index (κ2) is 3.91. The molecule has 2 N–H and O–H groups in total. The zero-order valence-electron chi connectivity index (χ0n) is 6.51. The summed E-state index contributed by atoms with van der Waals surface area (Å²) in [6.07, 6.45) is 2.24. The van der Waals surface area contributed by atoms with Crippen molar-refractivity contribution in [2.24, 2.45) is 5.92 Å². The summed E-state index contributed by atoms with van der Waals surface area (Å²) < 4.78 is 0. The van der Waals surface area contributed by atoms with Crippen LogP contribution in [0.4, 0.5) is 0 Å². The van der Waals surface area contributed by atoms with Gasteiger partial charge in [-0.1, -0.05) is 0 Å². The molecular formula is C7H16N2O. The Kier molecular flexibility index (Phi) is 3.12. The molecule has 1 fully saturated rings. The van der Waals surface area contributed by atoms with Crippen molar-refractivity contribution in [3.63, 3.8) is 0 Å². The molecule has 60 valence electrons. The van der Waals surface area contributed by atoms with Crippen LogP contribution >= 0.6 is 0 Å². The first-order chi connectivity index (χ1) is 4.86. The molecule has 1 saturated heterocycles. The summed E-state index contributed by atoms with van der Waals surface area (Å²) in [5, 5.41) is 11.0. The number of rotatable bonds is 2. The van der Waals surface area contributed by atoms with Crippen molar-refractivity contribution in [1.29, 1.82) is 0 Å². The molecule has 0 spiro atoms. The number of aliphatic hydroxyl groups excluding tert-OH is 1. The van der Waals surface area contributed by atoms with E-state index in [1.807, 2.05) is 7.05 Å². The highest BCUT2D eigenvalue weighted by molar-refractivity contribution is 4.68. The molecule has 1 heterocycles. The molecule has 0 unspecified atom stereocenters. The Morgan fingerprint density at radius 3 is 2.50 bits per heavy atom. The first kappa shape index (κ1) is 7.98. The lowest BCUT2D eigenvalue weighted by molar-refractivity contribution is 0.103. The molecule has 0 atom stereocenters. The van der Waals surface area contributed by atoms with E-state index in [1.165, 1.54) is 0 Å². The Labute approximate surface area is 62.0 Å².